The molecule has 1 aromatic carbocycles. The Morgan fingerprint density at radius 2 is 2.00 bits per heavy atom. The Hall–Kier alpha value is -1.75. The number of aliphatic hydroxyl groups excluding tert-OH is 1. The third-order valence-electron chi connectivity index (χ3n) is 3.93. The molecule has 1 rings (SSSR count). The molecule has 0 aromatic heterocycles. The second-order valence-corrected chi connectivity index (χ2v) is 6.37. The summed E-state index contributed by atoms with van der Waals surface area (Å²) in [6.45, 7) is 7.99. The van der Waals surface area contributed by atoms with Crippen molar-refractivity contribution in [1.82, 2.24) is 5.32 Å². The number of hydrogen-bond acceptors (Lipinski definition) is 3. The van der Waals surface area contributed by atoms with Crippen molar-refractivity contribution in [2.45, 2.75) is 33.6 Å². The number of rotatable bonds is 9. The fourth-order valence-electron chi connectivity index (χ4n) is 2.64. The van der Waals surface area contributed by atoms with Crippen LogP contribution in [0.5, 0.6) is 0 Å². The molecular formula is C18H31N3O2. The summed E-state index contributed by atoms with van der Waals surface area (Å²) < 4.78 is 0. The van der Waals surface area contributed by atoms with Gasteiger partial charge < -0.3 is 20.6 Å². The fraction of sp³-hybridized carbons (Fsp3) is 0.611. The predicted molar refractivity (Wildman–Crippen MR) is 97.1 cm³/mol. The quantitative estimate of drug-likeness (QED) is 0.654. The molecule has 2 amide bonds. The Labute approximate surface area is 140 Å². The normalized spacial score (nSPS) is 12.1. The maximum atomic E-state index is 12.2. The largest absolute Gasteiger partial charge is 0.396 e. The van der Waals surface area contributed by atoms with Crippen molar-refractivity contribution in [2.75, 3.05) is 37.0 Å². The molecule has 0 radical (unpaired) electrons. The number of carbonyl (C=O) groups excluding carboxylic acids is 1. The summed E-state index contributed by atoms with van der Waals surface area (Å²) in [4.78, 5) is 14.3. The molecule has 0 spiro atoms. The van der Waals surface area contributed by atoms with Gasteiger partial charge in [-0.1, -0.05) is 26.0 Å². The van der Waals surface area contributed by atoms with Crippen molar-refractivity contribution in [2.24, 2.45) is 11.8 Å². The number of amides is 2. The van der Waals surface area contributed by atoms with Crippen molar-refractivity contribution in [3.63, 3.8) is 0 Å². The fourth-order valence-corrected chi connectivity index (χ4v) is 2.64. The molecule has 1 unspecified atom stereocenters. The first-order valence-corrected chi connectivity index (χ1v) is 8.43. The molecule has 0 saturated carbocycles. The van der Waals surface area contributed by atoms with E-state index in [-0.39, 0.29) is 12.6 Å². The van der Waals surface area contributed by atoms with Gasteiger partial charge in [-0.25, -0.2) is 4.79 Å². The zero-order valence-electron chi connectivity index (χ0n) is 14.8. The lowest BCUT2D eigenvalue weighted by Crippen LogP contribution is -2.34. The summed E-state index contributed by atoms with van der Waals surface area (Å²) in [5.41, 5.74) is 1.80. The summed E-state index contributed by atoms with van der Waals surface area (Å²) in [6, 6.07) is 7.57. The summed E-state index contributed by atoms with van der Waals surface area (Å²) in [6.07, 6.45) is 1.71. The molecule has 0 aliphatic heterocycles. The van der Waals surface area contributed by atoms with E-state index in [1.54, 1.807) is 0 Å². The van der Waals surface area contributed by atoms with Crippen molar-refractivity contribution >= 4 is 17.4 Å². The van der Waals surface area contributed by atoms with Gasteiger partial charge in [0.15, 0.2) is 0 Å². The van der Waals surface area contributed by atoms with Crippen LogP contribution in [0.1, 0.15) is 33.6 Å². The molecule has 23 heavy (non-hydrogen) atoms. The minimum absolute atomic E-state index is 0.158. The molecule has 130 valence electrons. The van der Waals surface area contributed by atoms with Crippen LogP contribution in [-0.4, -0.2) is 37.9 Å². The Morgan fingerprint density at radius 1 is 1.30 bits per heavy atom. The van der Waals surface area contributed by atoms with Crippen molar-refractivity contribution in [1.29, 1.82) is 0 Å². The van der Waals surface area contributed by atoms with Crippen LogP contribution in [0, 0.1) is 11.8 Å². The van der Waals surface area contributed by atoms with E-state index in [1.807, 2.05) is 31.3 Å². The van der Waals surface area contributed by atoms with Crippen molar-refractivity contribution in [3.05, 3.63) is 24.3 Å². The molecule has 0 aliphatic rings. The maximum absolute atomic E-state index is 12.2. The van der Waals surface area contributed by atoms with Crippen LogP contribution in [-0.2, 0) is 0 Å². The number of carbonyl (C=O) groups is 1. The molecule has 1 aromatic rings. The third-order valence-corrected chi connectivity index (χ3v) is 3.93. The van der Waals surface area contributed by atoms with E-state index in [1.165, 1.54) is 0 Å². The zero-order chi connectivity index (χ0) is 17.2. The molecule has 0 saturated heterocycles. The van der Waals surface area contributed by atoms with Crippen LogP contribution in [0.2, 0.25) is 0 Å². The molecular weight excluding hydrogens is 290 g/mol. The second kappa shape index (κ2) is 10.1. The molecule has 0 bridgehead atoms. The van der Waals surface area contributed by atoms with E-state index in [0.717, 1.165) is 24.3 Å². The average molecular weight is 321 g/mol. The van der Waals surface area contributed by atoms with Crippen LogP contribution >= 0.6 is 0 Å². The van der Waals surface area contributed by atoms with E-state index >= 15 is 0 Å². The van der Waals surface area contributed by atoms with Crippen LogP contribution in [0.15, 0.2) is 24.3 Å². The number of hydrogen-bond donors (Lipinski definition) is 3. The van der Waals surface area contributed by atoms with Gasteiger partial charge >= 0.3 is 6.03 Å². The number of para-hydroxylation sites is 2. The number of benzene rings is 1. The van der Waals surface area contributed by atoms with Crippen LogP contribution in [0.25, 0.3) is 0 Å². The summed E-state index contributed by atoms with van der Waals surface area (Å²) >= 11 is 0. The highest BCUT2D eigenvalue weighted by Crippen LogP contribution is 2.24. The van der Waals surface area contributed by atoms with E-state index in [2.05, 4.69) is 36.3 Å². The van der Waals surface area contributed by atoms with E-state index in [0.29, 0.717) is 24.8 Å². The number of anilines is 2. The van der Waals surface area contributed by atoms with Gasteiger partial charge in [0.05, 0.1) is 11.4 Å². The first kappa shape index (κ1) is 19.3. The lowest BCUT2D eigenvalue weighted by atomic mass is 9.94. The number of nitrogens with one attached hydrogen (secondary N) is 2. The summed E-state index contributed by atoms with van der Waals surface area (Å²) in [5.74, 6) is 0.856. The van der Waals surface area contributed by atoms with Crippen LogP contribution < -0.4 is 15.5 Å². The second-order valence-electron chi connectivity index (χ2n) is 6.37. The first-order chi connectivity index (χ1) is 11.0. The lowest BCUT2D eigenvalue weighted by molar-refractivity contribution is 0.231. The van der Waals surface area contributed by atoms with Gasteiger partial charge in [-0.3, -0.25) is 0 Å². The van der Waals surface area contributed by atoms with Gasteiger partial charge in [0.1, 0.15) is 0 Å². The van der Waals surface area contributed by atoms with Gasteiger partial charge in [-0.2, -0.15) is 0 Å². The molecule has 0 aliphatic carbocycles. The highest BCUT2D eigenvalue weighted by atomic mass is 16.3. The van der Waals surface area contributed by atoms with Gasteiger partial charge in [0.2, 0.25) is 0 Å². The SMILES string of the molecule is CCN(C)c1ccccc1NC(=O)NCC(CCO)CC(C)C. The van der Waals surface area contributed by atoms with E-state index in [4.69, 9.17) is 5.11 Å². The Morgan fingerprint density at radius 3 is 2.61 bits per heavy atom. The predicted octanol–water partition coefficient (Wildman–Crippen LogP) is 3.31. The molecule has 0 heterocycles. The minimum Gasteiger partial charge on any atom is -0.396 e. The average Bonchev–Trinajstić information content (AvgIpc) is 2.52. The highest BCUT2D eigenvalue weighted by molar-refractivity contribution is 5.93. The third kappa shape index (κ3) is 6.91. The molecule has 0 fully saturated rings. The number of nitrogens with zero attached hydrogens (tertiary/aromatic N) is 1. The topological polar surface area (TPSA) is 64.6 Å². The van der Waals surface area contributed by atoms with Gasteiger partial charge in [0, 0.05) is 26.7 Å². The number of urea groups is 1. The Bertz CT molecular complexity index is 477. The molecule has 3 N–H and O–H groups in total. The van der Waals surface area contributed by atoms with E-state index in [9.17, 15) is 4.79 Å². The zero-order valence-corrected chi connectivity index (χ0v) is 14.8. The van der Waals surface area contributed by atoms with Crippen molar-refractivity contribution < 1.29 is 9.90 Å². The van der Waals surface area contributed by atoms with E-state index < -0.39 is 0 Å². The lowest BCUT2D eigenvalue weighted by Gasteiger charge is -2.22. The Balaban J connectivity index is 2.59. The van der Waals surface area contributed by atoms with Gasteiger partial charge in [-0.05, 0) is 43.7 Å². The molecule has 5 heteroatoms. The molecule has 1 atom stereocenters. The summed E-state index contributed by atoms with van der Waals surface area (Å²) in [7, 11) is 2.00. The molecule has 5 nitrogen and oxygen atoms in total. The van der Waals surface area contributed by atoms with Crippen LogP contribution in [0.4, 0.5) is 16.2 Å². The maximum Gasteiger partial charge on any atom is 0.319 e. The monoisotopic (exact) mass is 321 g/mol. The smallest absolute Gasteiger partial charge is 0.319 e. The minimum atomic E-state index is -0.200. The number of aliphatic hydroxyl groups is 1. The highest BCUT2D eigenvalue weighted by Gasteiger charge is 2.13. The first-order valence-electron chi connectivity index (χ1n) is 8.43. The van der Waals surface area contributed by atoms with Gasteiger partial charge in [0.25, 0.3) is 0 Å². The van der Waals surface area contributed by atoms with Gasteiger partial charge in [-0.15, -0.1) is 0 Å². The summed E-state index contributed by atoms with van der Waals surface area (Å²) in [5, 5.41) is 15.0. The standard InChI is InChI=1S/C18H31N3O2/c1-5-21(4)17-9-7-6-8-16(17)20-18(23)19-13-15(10-11-22)12-14(2)3/h6-9,14-15,22H,5,10-13H2,1-4H3,(H2,19,20,23). The van der Waals surface area contributed by atoms with Crippen molar-refractivity contribution in [3.8, 4) is 0 Å². The Kier molecular flexibility index (Phi) is 8.48. The van der Waals surface area contributed by atoms with Crippen LogP contribution in [0.3, 0.4) is 0 Å².